The number of hydrogen-bond donors (Lipinski definition) is 0. The first-order valence-corrected chi connectivity index (χ1v) is 8.36. The zero-order chi connectivity index (χ0) is 16.8. The largest absolute Gasteiger partial charge is 0.467 e. The normalized spacial score (nSPS) is 14.9. The Balaban J connectivity index is 1.96. The zero-order valence-electron chi connectivity index (χ0n) is 13.1. The number of rotatable bonds is 7. The lowest BCUT2D eigenvalue weighted by molar-refractivity contribution is -0.153. The smallest absolute Gasteiger partial charge is 0.339 e. The van der Waals surface area contributed by atoms with Crippen molar-refractivity contribution in [1.82, 2.24) is 4.90 Å². The van der Waals surface area contributed by atoms with Gasteiger partial charge in [0.1, 0.15) is 0 Å². The van der Waals surface area contributed by atoms with Gasteiger partial charge in [-0.2, -0.15) is 0 Å². The Morgan fingerprint density at radius 3 is 2.48 bits per heavy atom. The van der Waals surface area contributed by atoms with Gasteiger partial charge in [-0.25, -0.2) is 9.59 Å². The molecule has 1 atom stereocenters. The van der Waals surface area contributed by atoms with Gasteiger partial charge in [0.15, 0.2) is 5.37 Å². The predicted octanol–water partition coefficient (Wildman–Crippen LogP) is 1.83. The molecule has 1 fully saturated rings. The Morgan fingerprint density at radius 1 is 1.30 bits per heavy atom. The maximum Gasteiger partial charge on any atom is 0.339 e. The molecule has 1 aromatic rings. The van der Waals surface area contributed by atoms with Gasteiger partial charge in [0.2, 0.25) is 5.91 Å². The minimum absolute atomic E-state index is 0.0365. The van der Waals surface area contributed by atoms with Crippen LogP contribution in [0.5, 0.6) is 0 Å². The number of carbonyl (C=O) groups excluding carboxylic acids is 3. The van der Waals surface area contributed by atoms with E-state index in [2.05, 4.69) is 0 Å². The molecule has 7 heteroatoms. The summed E-state index contributed by atoms with van der Waals surface area (Å²) in [5.41, 5.74) is 1.44. The summed E-state index contributed by atoms with van der Waals surface area (Å²) in [5, 5.41) is -0.619. The number of hydrogen-bond acceptors (Lipinski definition) is 6. The summed E-state index contributed by atoms with van der Waals surface area (Å²) in [5.74, 6) is -0.283. The molecule has 1 heterocycles. The number of β-lactam (4-membered cyclic amide) rings is 1. The van der Waals surface area contributed by atoms with Crippen LogP contribution in [0.3, 0.4) is 0 Å². The van der Waals surface area contributed by atoms with Crippen LogP contribution in [0, 0.1) is 0 Å². The molecule has 1 aliphatic heterocycles. The van der Waals surface area contributed by atoms with Crippen molar-refractivity contribution < 1.29 is 23.9 Å². The molecular formula is C16H19NO5S. The summed E-state index contributed by atoms with van der Waals surface area (Å²) >= 11 is 1.33. The minimum atomic E-state index is -0.619. The molecule has 0 radical (unpaired) electrons. The molecule has 0 aliphatic carbocycles. The molecule has 0 bridgehead atoms. The Morgan fingerprint density at radius 2 is 2.00 bits per heavy atom. The molecule has 1 unspecified atom stereocenters. The molecule has 1 amide bonds. The number of amides is 1. The van der Waals surface area contributed by atoms with Crippen LogP contribution in [0.4, 0.5) is 0 Å². The van der Waals surface area contributed by atoms with E-state index >= 15 is 0 Å². The fraction of sp³-hybridized carbons (Fsp3) is 0.438. The number of ether oxygens (including phenoxy) is 2. The lowest BCUT2D eigenvalue weighted by Gasteiger charge is -2.35. The van der Waals surface area contributed by atoms with Crippen molar-refractivity contribution in [2.75, 3.05) is 20.3 Å². The highest BCUT2D eigenvalue weighted by Gasteiger charge is 2.36. The molecule has 23 heavy (non-hydrogen) atoms. The quantitative estimate of drug-likeness (QED) is 0.558. The molecule has 2 rings (SSSR count). The maximum absolute atomic E-state index is 11.8. The van der Waals surface area contributed by atoms with E-state index in [1.54, 1.807) is 19.1 Å². The van der Waals surface area contributed by atoms with Crippen molar-refractivity contribution in [2.45, 2.75) is 24.5 Å². The summed E-state index contributed by atoms with van der Waals surface area (Å²) in [6.45, 7) is 2.67. The molecule has 0 spiro atoms. The number of esters is 2. The van der Waals surface area contributed by atoms with Crippen molar-refractivity contribution in [2.24, 2.45) is 0 Å². The number of carbonyl (C=O) groups is 3. The van der Waals surface area contributed by atoms with Crippen molar-refractivity contribution in [3.63, 3.8) is 0 Å². The molecule has 1 saturated heterocycles. The molecule has 1 aromatic carbocycles. The molecule has 0 aromatic heterocycles. The Labute approximate surface area is 139 Å². The fourth-order valence-corrected chi connectivity index (χ4v) is 3.27. The third kappa shape index (κ3) is 4.25. The zero-order valence-corrected chi connectivity index (χ0v) is 13.9. The first kappa shape index (κ1) is 17.3. The molecule has 1 aliphatic rings. The van der Waals surface area contributed by atoms with Gasteiger partial charge in [0, 0.05) is 18.7 Å². The van der Waals surface area contributed by atoms with Crippen LogP contribution in [0.1, 0.15) is 29.3 Å². The van der Waals surface area contributed by atoms with Crippen LogP contribution in [0.2, 0.25) is 0 Å². The molecular weight excluding hydrogens is 318 g/mol. The number of nitrogens with zero attached hydrogens (tertiary/aromatic N) is 1. The minimum Gasteiger partial charge on any atom is -0.467 e. The number of methoxy groups -OCH3 is 1. The van der Waals surface area contributed by atoms with Gasteiger partial charge in [-0.3, -0.25) is 4.79 Å². The van der Waals surface area contributed by atoms with E-state index in [1.807, 2.05) is 12.1 Å². The Kier molecular flexibility index (Phi) is 6.04. The van der Waals surface area contributed by atoms with Crippen LogP contribution in [-0.2, 0) is 24.8 Å². The Hall–Kier alpha value is -2.02. The summed E-state index contributed by atoms with van der Waals surface area (Å²) in [7, 11) is 1.31. The lowest BCUT2D eigenvalue weighted by atomic mass is 10.1. The van der Waals surface area contributed by atoms with Crippen LogP contribution in [-0.4, -0.2) is 48.4 Å². The lowest BCUT2D eigenvalue weighted by Crippen LogP contribution is -2.52. The number of thioether (sulfide) groups is 1. The highest BCUT2D eigenvalue weighted by atomic mass is 32.2. The van der Waals surface area contributed by atoms with Gasteiger partial charge in [-0.1, -0.05) is 12.1 Å². The van der Waals surface area contributed by atoms with Crippen molar-refractivity contribution in [1.29, 1.82) is 0 Å². The van der Waals surface area contributed by atoms with Gasteiger partial charge in [-0.15, -0.1) is 11.8 Å². The second kappa shape index (κ2) is 8.01. The standard InChI is InChI=1S/C16H19NO5S/c1-3-22-15(19)12-6-4-11(5-7-12)10-23-14(16(20)21-2)17-9-8-13(17)18/h4-7,14H,3,8-10H2,1-2H3. The van der Waals surface area contributed by atoms with Crippen LogP contribution in [0.25, 0.3) is 0 Å². The monoisotopic (exact) mass is 337 g/mol. The third-order valence-corrected chi connectivity index (χ3v) is 4.71. The fourth-order valence-electron chi connectivity index (χ4n) is 2.09. The van der Waals surface area contributed by atoms with Gasteiger partial charge in [0.05, 0.1) is 19.3 Å². The highest BCUT2D eigenvalue weighted by molar-refractivity contribution is 7.99. The van der Waals surface area contributed by atoms with Crippen LogP contribution >= 0.6 is 11.8 Å². The van der Waals surface area contributed by atoms with E-state index in [4.69, 9.17) is 9.47 Å². The molecule has 6 nitrogen and oxygen atoms in total. The average Bonchev–Trinajstić information content (AvgIpc) is 2.56. The van der Waals surface area contributed by atoms with E-state index in [1.165, 1.54) is 23.8 Å². The number of benzene rings is 1. The first-order valence-electron chi connectivity index (χ1n) is 7.31. The maximum atomic E-state index is 11.8. The summed E-state index contributed by atoms with van der Waals surface area (Å²) in [4.78, 5) is 36.5. The second-order valence-corrected chi connectivity index (χ2v) is 6.01. The van der Waals surface area contributed by atoms with Gasteiger partial charge < -0.3 is 14.4 Å². The molecule has 0 N–H and O–H groups in total. The van der Waals surface area contributed by atoms with Gasteiger partial charge in [-0.05, 0) is 24.6 Å². The van der Waals surface area contributed by atoms with Crippen LogP contribution < -0.4 is 0 Å². The predicted molar refractivity (Wildman–Crippen MR) is 85.8 cm³/mol. The molecule has 0 saturated carbocycles. The van der Waals surface area contributed by atoms with E-state index in [9.17, 15) is 14.4 Å². The van der Waals surface area contributed by atoms with E-state index < -0.39 is 11.3 Å². The van der Waals surface area contributed by atoms with Gasteiger partial charge in [0.25, 0.3) is 0 Å². The van der Waals surface area contributed by atoms with E-state index in [0.717, 1.165) is 5.56 Å². The summed E-state index contributed by atoms with van der Waals surface area (Å²) < 4.78 is 9.70. The van der Waals surface area contributed by atoms with Gasteiger partial charge >= 0.3 is 11.9 Å². The SMILES string of the molecule is CCOC(=O)c1ccc(CSC(C(=O)OC)N2CCC2=O)cc1. The number of likely N-dealkylation sites (tertiary alicyclic amines) is 1. The second-order valence-electron chi connectivity index (χ2n) is 4.94. The summed E-state index contributed by atoms with van der Waals surface area (Å²) in [6.07, 6.45) is 0.474. The Bertz CT molecular complexity index is 587. The van der Waals surface area contributed by atoms with Crippen molar-refractivity contribution >= 4 is 29.6 Å². The summed E-state index contributed by atoms with van der Waals surface area (Å²) in [6, 6.07) is 7.00. The first-order chi connectivity index (χ1) is 11.1. The van der Waals surface area contributed by atoms with E-state index in [0.29, 0.717) is 30.9 Å². The van der Waals surface area contributed by atoms with Crippen molar-refractivity contribution in [3.8, 4) is 0 Å². The van der Waals surface area contributed by atoms with E-state index in [-0.39, 0.29) is 11.9 Å². The van der Waals surface area contributed by atoms with Crippen LogP contribution in [0.15, 0.2) is 24.3 Å². The van der Waals surface area contributed by atoms with Crippen molar-refractivity contribution in [3.05, 3.63) is 35.4 Å². The topological polar surface area (TPSA) is 72.9 Å². The molecule has 124 valence electrons. The third-order valence-electron chi connectivity index (χ3n) is 3.45. The highest BCUT2D eigenvalue weighted by Crippen LogP contribution is 2.26. The average molecular weight is 337 g/mol.